The fraction of sp³-hybridized carbons (Fsp3) is 0.600. The van der Waals surface area contributed by atoms with Gasteiger partial charge in [-0.2, -0.15) is 0 Å². The van der Waals surface area contributed by atoms with E-state index >= 15 is 0 Å². The van der Waals surface area contributed by atoms with Crippen LogP contribution in [0.15, 0.2) is 40.9 Å². The van der Waals surface area contributed by atoms with E-state index in [1.807, 2.05) is 0 Å². The van der Waals surface area contributed by atoms with Crippen molar-refractivity contribution in [3.05, 3.63) is 41.5 Å². The summed E-state index contributed by atoms with van der Waals surface area (Å²) in [5.41, 5.74) is 3.14. The molecule has 0 aromatic heterocycles. The predicted octanol–water partition coefficient (Wildman–Crippen LogP) is 4.58. The fourth-order valence-corrected chi connectivity index (χ4v) is 4.09. The Hall–Kier alpha value is -1.98. The van der Waals surface area contributed by atoms with Crippen LogP contribution in [0.5, 0.6) is 0 Å². The van der Waals surface area contributed by atoms with Crippen molar-refractivity contribution in [3.8, 4) is 0 Å². The molecule has 0 radical (unpaired) electrons. The lowest BCUT2D eigenvalue weighted by Crippen LogP contribution is -2.36. The van der Waals surface area contributed by atoms with E-state index in [-0.39, 0.29) is 0 Å². The number of benzene rings is 1. The normalized spacial score (nSPS) is 24.6. The highest BCUT2D eigenvalue weighted by atomic mass is 16.5. The van der Waals surface area contributed by atoms with Gasteiger partial charge in [-0.05, 0) is 63.9 Å². The Bertz CT molecular complexity index is 760. The summed E-state index contributed by atoms with van der Waals surface area (Å²) < 4.78 is 5.34. The number of carboxylic acid groups (broad SMARTS) is 1. The van der Waals surface area contributed by atoms with Crippen molar-refractivity contribution in [1.29, 1.82) is 0 Å². The Morgan fingerprint density at radius 1 is 1.27 bits per heavy atom. The SMILES string of the molecule is COCC/C(=C\c1ccccc1)C1C[C@H]1NC1CCC(=NCC(C)(C)C(=O)O)CC1. The maximum absolute atomic E-state index is 11.2. The number of carboxylic acids is 1. The van der Waals surface area contributed by atoms with Crippen LogP contribution in [-0.2, 0) is 9.53 Å². The van der Waals surface area contributed by atoms with E-state index in [1.54, 1.807) is 21.0 Å². The Morgan fingerprint density at radius 3 is 2.60 bits per heavy atom. The number of nitrogens with one attached hydrogen (secondary N) is 1. The summed E-state index contributed by atoms with van der Waals surface area (Å²) in [6, 6.07) is 11.6. The smallest absolute Gasteiger partial charge is 0.310 e. The van der Waals surface area contributed by atoms with Crippen LogP contribution in [0.2, 0.25) is 0 Å². The Kier molecular flexibility index (Phi) is 7.84. The molecule has 30 heavy (non-hydrogen) atoms. The maximum Gasteiger partial charge on any atom is 0.310 e. The number of carbonyl (C=O) groups is 1. The zero-order valence-electron chi connectivity index (χ0n) is 18.6. The molecule has 2 N–H and O–H groups in total. The number of rotatable bonds is 10. The van der Waals surface area contributed by atoms with Gasteiger partial charge in [-0.15, -0.1) is 0 Å². The molecular formula is C25H36N2O3. The topological polar surface area (TPSA) is 70.9 Å². The lowest BCUT2D eigenvalue weighted by Gasteiger charge is -2.25. The van der Waals surface area contributed by atoms with Gasteiger partial charge in [0, 0.05) is 31.5 Å². The van der Waals surface area contributed by atoms with Gasteiger partial charge in [0.05, 0.1) is 12.0 Å². The summed E-state index contributed by atoms with van der Waals surface area (Å²) >= 11 is 0. The molecule has 164 valence electrons. The molecule has 1 aromatic carbocycles. The highest BCUT2D eigenvalue weighted by Crippen LogP contribution is 2.40. The predicted molar refractivity (Wildman–Crippen MR) is 122 cm³/mol. The zero-order chi connectivity index (χ0) is 21.6. The van der Waals surface area contributed by atoms with Crippen LogP contribution in [0.3, 0.4) is 0 Å². The molecule has 2 aliphatic carbocycles. The lowest BCUT2D eigenvalue weighted by molar-refractivity contribution is -0.146. The molecule has 5 heteroatoms. The third-order valence-corrected chi connectivity index (χ3v) is 6.30. The summed E-state index contributed by atoms with van der Waals surface area (Å²) in [6.07, 6.45) is 8.64. The lowest BCUT2D eigenvalue weighted by atomic mass is 9.91. The molecule has 0 aliphatic heterocycles. The van der Waals surface area contributed by atoms with Gasteiger partial charge in [-0.3, -0.25) is 9.79 Å². The van der Waals surface area contributed by atoms with Crippen LogP contribution in [-0.4, -0.2) is 49.1 Å². The summed E-state index contributed by atoms with van der Waals surface area (Å²) in [5.74, 6) is -0.179. The summed E-state index contributed by atoms with van der Waals surface area (Å²) in [7, 11) is 1.77. The van der Waals surface area contributed by atoms with Crippen molar-refractivity contribution in [2.24, 2.45) is 16.3 Å². The van der Waals surface area contributed by atoms with Crippen LogP contribution in [0.25, 0.3) is 6.08 Å². The Labute approximate surface area is 180 Å². The van der Waals surface area contributed by atoms with Gasteiger partial charge in [0.25, 0.3) is 0 Å². The standard InChI is InChI=1S/C25H36N2O3/c1-25(2,24(28)29)17-26-20-9-11-21(12-10-20)27-23-16-22(23)19(13-14-30-3)15-18-7-5-4-6-8-18/h4-8,15,21-23,27H,9-14,16-17H2,1-3H3,(H,28,29)/b19-15+,26-20?/t21?,22?,23-/m1/s1. The largest absolute Gasteiger partial charge is 0.481 e. The van der Waals surface area contributed by atoms with E-state index in [1.165, 1.54) is 23.3 Å². The molecule has 2 aliphatic rings. The number of aliphatic carboxylic acids is 1. The van der Waals surface area contributed by atoms with Crippen LogP contribution >= 0.6 is 0 Å². The summed E-state index contributed by atoms with van der Waals surface area (Å²) in [6.45, 7) is 4.61. The molecule has 1 aromatic rings. The van der Waals surface area contributed by atoms with Gasteiger partial charge in [0.2, 0.25) is 0 Å². The minimum atomic E-state index is -0.785. The maximum atomic E-state index is 11.2. The number of methoxy groups -OCH3 is 1. The number of hydrogen-bond donors (Lipinski definition) is 2. The van der Waals surface area contributed by atoms with Crippen LogP contribution < -0.4 is 5.32 Å². The van der Waals surface area contributed by atoms with E-state index in [0.717, 1.165) is 38.7 Å². The van der Waals surface area contributed by atoms with Crippen molar-refractivity contribution in [3.63, 3.8) is 0 Å². The zero-order valence-corrected chi connectivity index (χ0v) is 18.6. The van der Waals surface area contributed by atoms with Crippen molar-refractivity contribution in [2.75, 3.05) is 20.3 Å². The van der Waals surface area contributed by atoms with Crippen molar-refractivity contribution in [2.45, 2.75) is 64.5 Å². The second-order valence-electron chi connectivity index (χ2n) is 9.33. The van der Waals surface area contributed by atoms with Gasteiger partial charge in [-0.25, -0.2) is 0 Å². The van der Waals surface area contributed by atoms with Gasteiger partial charge in [-0.1, -0.05) is 42.0 Å². The molecule has 3 rings (SSSR count). The van der Waals surface area contributed by atoms with Crippen molar-refractivity contribution in [1.82, 2.24) is 5.32 Å². The monoisotopic (exact) mass is 412 g/mol. The van der Waals surface area contributed by atoms with Gasteiger partial charge in [0.1, 0.15) is 0 Å². The quantitative estimate of drug-likeness (QED) is 0.590. The van der Waals surface area contributed by atoms with Crippen molar-refractivity contribution < 1.29 is 14.6 Å². The van der Waals surface area contributed by atoms with Crippen molar-refractivity contribution >= 4 is 17.8 Å². The summed E-state index contributed by atoms with van der Waals surface area (Å²) in [4.78, 5) is 15.9. The molecule has 5 nitrogen and oxygen atoms in total. The molecule has 2 atom stereocenters. The molecular weight excluding hydrogens is 376 g/mol. The molecule has 2 fully saturated rings. The van der Waals surface area contributed by atoms with E-state index in [9.17, 15) is 9.90 Å². The van der Waals surface area contributed by atoms with E-state index in [0.29, 0.717) is 24.5 Å². The number of ether oxygens (including phenoxy) is 1. The van der Waals surface area contributed by atoms with E-state index in [4.69, 9.17) is 4.74 Å². The Morgan fingerprint density at radius 2 is 1.97 bits per heavy atom. The highest BCUT2D eigenvalue weighted by Gasteiger charge is 2.40. The van der Waals surface area contributed by atoms with Crippen LogP contribution in [0.4, 0.5) is 0 Å². The first-order chi connectivity index (χ1) is 14.4. The molecule has 2 saturated carbocycles. The molecule has 0 spiro atoms. The molecule has 0 saturated heterocycles. The van der Waals surface area contributed by atoms with E-state index < -0.39 is 11.4 Å². The minimum Gasteiger partial charge on any atom is -0.481 e. The molecule has 1 unspecified atom stereocenters. The second kappa shape index (κ2) is 10.4. The highest BCUT2D eigenvalue weighted by molar-refractivity contribution is 5.85. The average Bonchev–Trinajstić information content (AvgIpc) is 3.50. The van der Waals surface area contributed by atoms with Gasteiger partial charge < -0.3 is 15.2 Å². The van der Waals surface area contributed by atoms with E-state index in [2.05, 4.69) is 46.7 Å². The Balaban J connectivity index is 1.49. The molecule has 0 amide bonds. The fourth-order valence-electron chi connectivity index (χ4n) is 4.09. The van der Waals surface area contributed by atoms with Crippen LogP contribution in [0.1, 0.15) is 57.9 Å². The molecule has 0 bridgehead atoms. The van der Waals surface area contributed by atoms with Crippen LogP contribution in [0, 0.1) is 11.3 Å². The van der Waals surface area contributed by atoms with Gasteiger partial charge in [0.15, 0.2) is 0 Å². The third-order valence-electron chi connectivity index (χ3n) is 6.30. The first-order valence-corrected chi connectivity index (χ1v) is 11.1. The third kappa shape index (κ3) is 6.51. The average molecular weight is 413 g/mol. The first kappa shape index (κ1) is 22.7. The number of nitrogens with zero attached hydrogens (tertiary/aromatic N) is 1. The first-order valence-electron chi connectivity index (χ1n) is 11.1. The molecule has 0 heterocycles. The number of aliphatic imine (C=N–C) groups is 1. The number of hydrogen-bond acceptors (Lipinski definition) is 4. The second-order valence-corrected chi connectivity index (χ2v) is 9.33. The minimum absolute atomic E-state index is 0.369. The summed E-state index contributed by atoms with van der Waals surface area (Å²) in [5, 5.41) is 13.1. The van der Waals surface area contributed by atoms with Gasteiger partial charge >= 0.3 is 5.97 Å².